The van der Waals surface area contributed by atoms with Gasteiger partial charge in [0, 0.05) is 6.42 Å². The van der Waals surface area contributed by atoms with E-state index in [-0.39, 0.29) is 0 Å². The maximum atomic E-state index is 11.0. The Morgan fingerprint density at radius 2 is 2.28 bits per heavy atom. The van der Waals surface area contributed by atoms with Crippen LogP contribution >= 0.6 is 0 Å². The maximum Gasteiger partial charge on any atom is 0.335 e. The summed E-state index contributed by atoms with van der Waals surface area (Å²) < 4.78 is 0. The standard InChI is InChI=1S/C15H17NO2/c1-2-13-11-12(7-5-3-4-6-10-16)8-9-14(13)15(17)18/h5,7-9,11H,2-4,6H2,1H3,(H,17,18). The number of hydrogen-bond donors (Lipinski definition) is 1. The van der Waals surface area contributed by atoms with Crippen molar-refractivity contribution in [2.45, 2.75) is 32.6 Å². The summed E-state index contributed by atoms with van der Waals surface area (Å²) in [6, 6.07) is 7.47. The minimum atomic E-state index is -0.878. The molecule has 18 heavy (non-hydrogen) atoms. The van der Waals surface area contributed by atoms with Gasteiger partial charge in [-0.05, 0) is 36.5 Å². The lowest BCUT2D eigenvalue weighted by atomic mass is 10.0. The lowest BCUT2D eigenvalue weighted by Crippen LogP contribution is -2.01. The van der Waals surface area contributed by atoms with Gasteiger partial charge in [0.25, 0.3) is 0 Å². The first-order valence-electron chi connectivity index (χ1n) is 6.08. The third-order valence-corrected chi connectivity index (χ3v) is 2.71. The molecule has 0 atom stereocenters. The van der Waals surface area contributed by atoms with Crippen LogP contribution in [-0.2, 0) is 6.42 Å². The number of allylic oxidation sites excluding steroid dienone is 1. The summed E-state index contributed by atoms with van der Waals surface area (Å²) in [5.41, 5.74) is 2.23. The number of unbranched alkanes of at least 4 members (excludes halogenated alkanes) is 2. The molecule has 0 amide bonds. The molecule has 0 radical (unpaired) electrons. The lowest BCUT2D eigenvalue weighted by molar-refractivity contribution is 0.0695. The zero-order chi connectivity index (χ0) is 13.4. The Morgan fingerprint density at radius 1 is 1.50 bits per heavy atom. The molecular weight excluding hydrogens is 226 g/mol. The fraction of sp³-hybridized carbons (Fsp3) is 0.333. The van der Waals surface area contributed by atoms with E-state index < -0.39 is 5.97 Å². The molecule has 3 heteroatoms. The number of carboxylic acid groups (broad SMARTS) is 1. The smallest absolute Gasteiger partial charge is 0.335 e. The van der Waals surface area contributed by atoms with E-state index in [4.69, 9.17) is 10.4 Å². The average molecular weight is 243 g/mol. The van der Waals surface area contributed by atoms with Gasteiger partial charge in [-0.2, -0.15) is 5.26 Å². The summed E-state index contributed by atoms with van der Waals surface area (Å²) in [5.74, 6) is -0.878. The zero-order valence-electron chi connectivity index (χ0n) is 10.5. The van der Waals surface area contributed by atoms with E-state index in [1.165, 1.54) is 0 Å². The van der Waals surface area contributed by atoms with Gasteiger partial charge in [0.1, 0.15) is 0 Å². The van der Waals surface area contributed by atoms with Crippen molar-refractivity contribution in [2.75, 3.05) is 0 Å². The predicted molar refractivity (Wildman–Crippen MR) is 71.3 cm³/mol. The molecule has 1 N–H and O–H groups in total. The molecule has 0 unspecified atom stereocenters. The highest BCUT2D eigenvalue weighted by Gasteiger charge is 2.07. The topological polar surface area (TPSA) is 61.1 Å². The van der Waals surface area contributed by atoms with Gasteiger partial charge < -0.3 is 5.11 Å². The monoisotopic (exact) mass is 243 g/mol. The number of carboxylic acids is 1. The van der Waals surface area contributed by atoms with Crippen LogP contribution < -0.4 is 0 Å². The number of benzene rings is 1. The van der Waals surface area contributed by atoms with Crippen molar-refractivity contribution in [2.24, 2.45) is 0 Å². The Morgan fingerprint density at radius 3 is 2.89 bits per heavy atom. The van der Waals surface area contributed by atoms with Crippen LogP contribution in [0.2, 0.25) is 0 Å². The Labute approximate surface area is 107 Å². The SMILES string of the molecule is CCc1cc(C=CCCCC#N)ccc1C(=O)O. The summed E-state index contributed by atoms with van der Waals surface area (Å²) in [5, 5.41) is 17.4. The zero-order valence-corrected chi connectivity index (χ0v) is 10.5. The van der Waals surface area contributed by atoms with Gasteiger partial charge in [0.05, 0.1) is 11.6 Å². The number of rotatable bonds is 6. The van der Waals surface area contributed by atoms with E-state index in [0.717, 1.165) is 24.0 Å². The summed E-state index contributed by atoms with van der Waals surface area (Å²) in [6.07, 6.45) is 7.01. The van der Waals surface area contributed by atoms with Crippen LogP contribution in [0.3, 0.4) is 0 Å². The molecule has 1 rings (SSSR count). The second-order valence-electron chi connectivity index (χ2n) is 4.03. The Balaban J connectivity index is 2.74. The predicted octanol–water partition coefficient (Wildman–Crippen LogP) is 3.65. The van der Waals surface area contributed by atoms with Gasteiger partial charge in [0.2, 0.25) is 0 Å². The highest BCUT2D eigenvalue weighted by atomic mass is 16.4. The molecule has 3 nitrogen and oxygen atoms in total. The van der Waals surface area contributed by atoms with Gasteiger partial charge in [-0.25, -0.2) is 4.79 Å². The van der Waals surface area contributed by atoms with Crippen LogP contribution in [0.5, 0.6) is 0 Å². The number of nitrogens with zero attached hydrogens (tertiary/aromatic N) is 1. The summed E-state index contributed by atoms with van der Waals surface area (Å²) in [6.45, 7) is 1.95. The summed E-state index contributed by atoms with van der Waals surface area (Å²) in [7, 11) is 0. The van der Waals surface area contributed by atoms with Crippen LogP contribution in [0.25, 0.3) is 6.08 Å². The van der Waals surface area contributed by atoms with Crippen molar-refractivity contribution < 1.29 is 9.90 Å². The van der Waals surface area contributed by atoms with Crippen molar-refractivity contribution in [1.29, 1.82) is 5.26 Å². The van der Waals surface area contributed by atoms with Crippen LogP contribution in [0.1, 0.15) is 47.7 Å². The Bertz CT molecular complexity index is 484. The number of hydrogen-bond acceptors (Lipinski definition) is 2. The molecule has 0 heterocycles. The fourth-order valence-electron chi connectivity index (χ4n) is 1.74. The first-order chi connectivity index (χ1) is 8.69. The number of aryl methyl sites for hydroxylation is 1. The second kappa shape index (κ2) is 7.29. The van der Waals surface area contributed by atoms with Crippen LogP contribution in [0.15, 0.2) is 24.3 Å². The van der Waals surface area contributed by atoms with Crippen molar-refractivity contribution in [1.82, 2.24) is 0 Å². The van der Waals surface area contributed by atoms with Gasteiger partial charge >= 0.3 is 5.97 Å². The van der Waals surface area contributed by atoms with Gasteiger partial charge in [-0.15, -0.1) is 0 Å². The Kier molecular flexibility index (Phi) is 5.66. The van der Waals surface area contributed by atoms with E-state index in [0.29, 0.717) is 18.4 Å². The molecule has 0 aromatic heterocycles. The van der Waals surface area contributed by atoms with Crippen LogP contribution in [-0.4, -0.2) is 11.1 Å². The number of carbonyl (C=O) groups is 1. The number of aromatic carboxylic acids is 1. The molecular formula is C15H17NO2. The first-order valence-corrected chi connectivity index (χ1v) is 6.08. The van der Waals surface area contributed by atoms with Crippen molar-refractivity contribution in [3.05, 3.63) is 41.0 Å². The minimum Gasteiger partial charge on any atom is -0.478 e. The normalized spacial score (nSPS) is 10.4. The van der Waals surface area contributed by atoms with E-state index in [2.05, 4.69) is 6.07 Å². The van der Waals surface area contributed by atoms with E-state index >= 15 is 0 Å². The van der Waals surface area contributed by atoms with E-state index in [1.807, 2.05) is 31.2 Å². The van der Waals surface area contributed by atoms with E-state index in [9.17, 15) is 4.79 Å². The quantitative estimate of drug-likeness (QED) is 0.776. The molecule has 0 fully saturated rings. The van der Waals surface area contributed by atoms with Crippen molar-refractivity contribution in [3.63, 3.8) is 0 Å². The average Bonchev–Trinajstić information content (AvgIpc) is 2.38. The minimum absolute atomic E-state index is 0.374. The molecule has 0 bridgehead atoms. The summed E-state index contributed by atoms with van der Waals surface area (Å²) >= 11 is 0. The molecule has 0 aliphatic heterocycles. The van der Waals surface area contributed by atoms with E-state index in [1.54, 1.807) is 6.07 Å². The second-order valence-corrected chi connectivity index (χ2v) is 4.03. The molecule has 1 aromatic carbocycles. The third-order valence-electron chi connectivity index (χ3n) is 2.71. The fourth-order valence-corrected chi connectivity index (χ4v) is 1.74. The molecule has 0 saturated carbocycles. The number of nitriles is 1. The Hall–Kier alpha value is -2.08. The van der Waals surface area contributed by atoms with Crippen LogP contribution in [0.4, 0.5) is 0 Å². The maximum absolute atomic E-state index is 11.0. The third kappa shape index (κ3) is 4.06. The molecule has 0 aliphatic rings. The molecule has 0 saturated heterocycles. The largest absolute Gasteiger partial charge is 0.478 e. The molecule has 0 aliphatic carbocycles. The molecule has 0 spiro atoms. The lowest BCUT2D eigenvalue weighted by Gasteiger charge is -2.04. The van der Waals surface area contributed by atoms with Gasteiger partial charge in [-0.3, -0.25) is 0 Å². The molecule has 94 valence electrons. The van der Waals surface area contributed by atoms with Crippen molar-refractivity contribution >= 4 is 12.0 Å². The first kappa shape index (κ1) is 14.0. The van der Waals surface area contributed by atoms with Crippen molar-refractivity contribution in [3.8, 4) is 6.07 Å². The van der Waals surface area contributed by atoms with Gasteiger partial charge in [-0.1, -0.05) is 31.2 Å². The molecule has 1 aromatic rings. The highest BCUT2D eigenvalue weighted by Crippen LogP contribution is 2.14. The highest BCUT2D eigenvalue weighted by molar-refractivity contribution is 5.89. The van der Waals surface area contributed by atoms with Crippen LogP contribution in [0, 0.1) is 11.3 Å². The van der Waals surface area contributed by atoms with Gasteiger partial charge in [0.15, 0.2) is 0 Å². The summed E-state index contributed by atoms with van der Waals surface area (Å²) in [4.78, 5) is 11.0.